The minimum atomic E-state index is -0.378. The highest BCUT2D eigenvalue weighted by atomic mass is 32.1. The molecule has 1 amide bonds. The Kier molecular flexibility index (Phi) is 4.62. The first kappa shape index (κ1) is 17.5. The minimum absolute atomic E-state index is 0.164. The van der Waals surface area contributed by atoms with E-state index in [0.717, 1.165) is 27.9 Å². The average Bonchev–Trinajstić information content (AvgIpc) is 3.03. The number of nitrogens with one attached hydrogen (secondary N) is 2. The molecule has 136 valence electrons. The fraction of sp³-hybridized carbons (Fsp3) is 0. The molecule has 0 aliphatic carbocycles. The Hall–Kier alpha value is -3.89. The van der Waals surface area contributed by atoms with Gasteiger partial charge in [-0.25, -0.2) is 0 Å². The lowest BCUT2D eigenvalue weighted by Gasteiger charge is -2.05. The van der Waals surface area contributed by atoms with Gasteiger partial charge in [-0.15, -0.1) is 11.3 Å². The predicted octanol–water partition coefficient (Wildman–Crippen LogP) is 4.75. The van der Waals surface area contributed by atoms with Crippen LogP contribution in [-0.4, -0.2) is 10.9 Å². The van der Waals surface area contributed by atoms with Crippen LogP contribution in [0, 0.1) is 11.3 Å². The van der Waals surface area contributed by atoms with Gasteiger partial charge >= 0.3 is 0 Å². The lowest BCUT2D eigenvalue weighted by atomic mass is 10.2. The largest absolute Gasteiger partial charge is 0.396 e. The number of nitrogen functional groups attached to an aromatic ring is 1. The second-order valence-corrected chi connectivity index (χ2v) is 7.04. The third kappa shape index (κ3) is 3.37. The normalized spacial score (nSPS) is 10.4. The monoisotopic (exact) mass is 385 g/mol. The number of nitrogens with zero attached hydrogens (tertiary/aromatic N) is 2. The second kappa shape index (κ2) is 7.39. The molecule has 4 N–H and O–H groups in total. The number of rotatable bonds is 4. The van der Waals surface area contributed by atoms with Crippen LogP contribution in [0.4, 0.5) is 22.1 Å². The molecule has 2 aromatic heterocycles. The number of nitrogens with two attached hydrogens (primary N) is 1. The van der Waals surface area contributed by atoms with Gasteiger partial charge in [0.05, 0.1) is 23.1 Å². The van der Waals surface area contributed by atoms with Crippen molar-refractivity contribution in [3.63, 3.8) is 0 Å². The van der Waals surface area contributed by atoms with Crippen LogP contribution in [0.3, 0.4) is 0 Å². The molecule has 0 bridgehead atoms. The molecular weight excluding hydrogens is 370 g/mol. The Morgan fingerprint density at radius 2 is 1.82 bits per heavy atom. The zero-order chi connectivity index (χ0) is 19.5. The molecule has 0 spiro atoms. The highest BCUT2D eigenvalue weighted by Gasteiger charge is 2.21. The molecule has 4 rings (SSSR count). The number of aromatic nitrogens is 1. The summed E-state index contributed by atoms with van der Waals surface area (Å²) in [5.41, 5.74) is 8.73. The average molecular weight is 385 g/mol. The van der Waals surface area contributed by atoms with Crippen molar-refractivity contribution in [2.75, 3.05) is 16.4 Å². The van der Waals surface area contributed by atoms with E-state index in [9.17, 15) is 10.1 Å². The summed E-state index contributed by atoms with van der Waals surface area (Å²) in [4.78, 5) is 17.4. The summed E-state index contributed by atoms with van der Waals surface area (Å²) in [5.74, 6) is -0.378. The molecule has 0 atom stereocenters. The number of anilines is 4. The molecule has 2 heterocycles. The Morgan fingerprint density at radius 1 is 1.07 bits per heavy atom. The number of fused-ring (bicyclic) bond motifs is 1. The molecule has 0 fully saturated rings. The second-order valence-electron chi connectivity index (χ2n) is 6.02. The molecule has 6 nitrogen and oxygen atoms in total. The molecule has 0 unspecified atom stereocenters. The summed E-state index contributed by atoms with van der Waals surface area (Å²) in [7, 11) is 0. The SMILES string of the molecule is N#Cc1c(Nc2ccccc2)sc(C(=O)Nc2cnc3ccccc3c2)c1N. The van der Waals surface area contributed by atoms with Crippen LogP contribution >= 0.6 is 11.3 Å². The molecule has 4 aromatic rings. The summed E-state index contributed by atoms with van der Waals surface area (Å²) in [6.45, 7) is 0. The Bertz CT molecular complexity index is 1210. The number of amides is 1. The number of para-hydroxylation sites is 2. The van der Waals surface area contributed by atoms with Crippen LogP contribution in [0.25, 0.3) is 10.9 Å². The van der Waals surface area contributed by atoms with Crippen molar-refractivity contribution < 1.29 is 4.79 Å². The fourth-order valence-corrected chi connectivity index (χ4v) is 3.78. The maximum atomic E-state index is 12.8. The molecule has 0 saturated heterocycles. The van der Waals surface area contributed by atoms with Crippen LogP contribution in [-0.2, 0) is 0 Å². The van der Waals surface area contributed by atoms with E-state index in [4.69, 9.17) is 5.73 Å². The topological polar surface area (TPSA) is 104 Å². The maximum absolute atomic E-state index is 12.8. The van der Waals surface area contributed by atoms with Gasteiger partial charge < -0.3 is 16.4 Å². The van der Waals surface area contributed by atoms with Crippen molar-refractivity contribution in [3.8, 4) is 6.07 Å². The van der Waals surface area contributed by atoms with Gasteiger partial charge in [0.1, 0.15) is 21.5 Å². The highest BCUT2D eigenvalue weighted by molar-refractivity contribution is 7.19. The number of hydrogen-bond acceptors (Lipinski definition) is 6. The van der Waals surface area contributed by atoms with Crippen molar-refractivity contribution in [2.45, 2.75) is 0 Å². The van der Waals surface area contributed by atoms with Crippen molar-refractivity contribution >= 4 is 50.2 Å². The van der Waals surface area contributed by atoms with E-state index in [1.807, 2.05) is 60.7 Å². The van der Waals surface area contributed by atoms with Gasteiger partial charge in [-0.3, -0.25) is 9.78 Å². The minimum Gasteiger partial charge on any atom is -0.396 e. The van der Waals surface area contributed by atoms with Gasteiger partial charge in [0.25, 0.3) is 5.91 Å². The van der Waals surface area contributed by atoms with Crippen molar-refractivity contribution in [1.29, 1.82) is 5.26 Å². The Morgan fingerprint density at radius 3 is 2.61 bits per heavy atom. The van der Waals surface area contributed by atoms with Gasteiger partial charge in [0, 0.05) is 11.1 Å². The summed E-state index contributed by atoms with van der Waals surface area (Å²) in [6.07, 6.45) is 1.60. The van der Waals surface area contributed by atoms with Gasteiger partial charge in [0.15, 0.2) is 0 Å². The Balaban J connectivity index is 1.62. The molecule has 7 heteroatoms. The lowest BCUT2D eigenvalue weighted by Crippen LogP contribution is -2.12. The van der Waals surface area contributed by atoms with E-state index in [-0.39, 0.29) is 22.0 Å². The summed E-state index contributed by atoms with van der Waals surface area (Å²) < 4.78 is 0. The number of thiophene rings is 1. The third-order valence-corrected chi connectivity index (χ3v) is 5.26. The smallest absolute Gasteiger partial charge is 0.268 e. The van der Waals surface area contributed by atoms with E-state index in [1.165, 1.54) is 0 Å². The van der Waals surface area contributed by atoms with Gasteiger partial charge in [0.2, 0.25) is 0 Å². The number of pyridine rings is 1. The molecule has 2 aromatic carbocycles. The number of carbonyl (C=O) groups is 1. The number of benzene rings is 2. The van der Waals surface area contributed by atoms with Crippen LogP contribution < -0.4 is 16.4 Å². The summed E-state index contributed by atoms with van der Waals surface area (Å²) >= 11 is 1.15. The molecular formula is C21H15N5OS. The van der Waals surface area contributed by atoms with E-state index >= 15 is 0 Å². The zero-order valence-electron chi connectivity index (χ0n) is 14.6. The standard InChI is InChI=1S/C21H15N5OS/c22-11-16-18(23)19(28-21(16)26-14-7-2-1-3-8-14)20(27)25-15-10-13-6-4-5-9-17(13)24-12-15/h1-10,12,26H,23H2,(H,25,27). The third-order valence-electron chi connectivity index (χ3n) is 4.14. The van der Waals surface area contributed by atoms with E-state index in [0.29, 0.717) is 10.7 Å². The predicted molar refractivity (Wildman–Crippen MR) is 113 cm³/mol. The van der Waals surface area contributed by atoms with E-state index in [2.05, 4.69) is 21.7 Å². The van der Waals surface area contributed by atoms with Crippen LogP contribution in [0.2, 0.25) is 0 Å². The molecule has 28 heavy (non-hydrogen) atoms. The van der Waals surface area contributed by atoms with Crippen molar-refractivity contribution in [1.82, 2.24) is 4.98 Å². The van der Waals surface area contributed by atoms with E-state index < -0.39 is 0 Å². The van der Waals surface area contributed by atoms with Gasteiger partial charge in [-0.05, 0) is 24.3 Å². The molecule has 0 saturated carbocycles. The number of carbonyl (C=O) groups excluding carboxylic acids is 1. The summed E-state index contributed by atoms with van der Waals surface area (Å²) in [6, 6.07) is 21.0. The highest BCUT2D eigenvalue weighted by Crippen LogP contribution is 2.37. The summed E-state index contributed by atoms with van der Waals surface area (Å²) in [5, 5.41) is 16.9. The molecule has 0 aliphatic heterocycles. The number of nitriles is 1. The van der Waals surface area contributed by atoms with Crippen LogP contribution in [0.1, 0.15) is 15.2 Å². The van der Waals surface area contributed by atoms with Gasteiger partial charge in [-0.1, -0.05) is 36.4 Å². The maximum Gasteiger partial charge on any atom is 0.268 e. The fourth-order valence-electron chi connectivity index (χ4n) is 2.79. The first-order valence-electron chi connectivity index (χ1n) is 8.46. The lowest BCUT2D eigenvalue weighted by molar-refractivity contribution is 0.103. The van der Waals surface area contributed by atoms with Crippen LogP contribution in [0.5, 0.6) is 0 Å². The van der Waals surface area contributed by atoms with E-state index in [1.54, 1.807) is 6.20 Å². The molecule has 0 radical (unpaired) electrons. The van der Waals surface area contributed by atoms with Crippen LogP contribution in [0.15, 0.2) is 66.9 Å². The molecule has 0 aliphatic rings. The van der Waals surface area contributed by atoms with Crippen molar-refractivity contribution in [3.05, 3.63) is 77.3 Å². The number of hydrogen-bond donors (Lipinski definition) is 3. The first-order valence-corrected chi connectivity index (χ1v) is 9.28. The quantitative estimate of drug-likeness (QED) is 0.470. The zero-order valence-corrected chi connectivity index (χ0v) is 15.5. The first-order chi connectivity index (χ1) is 13.7. The van der Waals surface area contributed by atoms with Gasteiger partial charge in [-0.2, -0.15) is 5.26 Å². The van der Waals surface area contributed by atoms with Crippen molar-refractivity contribution in [2.24, 2.45) is 0 Å². The Labute approximate surface area is 165 Å².